The molecule has 20 heavy (non-hydrogen) atoms. The second kappa shape index (κ2) is 5.87. The first-order valence-electron chi connectivity index (χ1n) is 6.35. The van der Waals surface area contributed by atoms with Crippen LogP contribution in [0.4, 0.5) is 0 Å². The van der Waals surface area contributed by atoms with Crippen LogP contribution < -0.4 is 0 Å². The van der Waals surface area contributed by atoms with E-state index in [-0.39, 0.29) is 12.4 Å². The van der Waals surface area contributed by atoms with Gasteiger partial charge in [0.15, 0.2) is 0 Å². The maximum Gasteiger partial charge on any atom is 0.218 e. The van der Waals surface area contributed by atoms with Crippen LogP contribution in [-0.4, -0.2) is 42.5 Å². The van der Waals surface area contributed by atoms with Crippen molar-refractivity contribution in [2.75, 3.05) is 13.7 Å². The number of aliphatic hydroxyl groups excluding tert-OH is 1. The molecule has 1 N–H and O–H groups in total. The van der Waals surface area contributed by atoms with Gasteiger partial charge in [-0.2, -0.15) is 4.31 Å². The van der Waals surface area contributed by atoms with E-state index in [9.17, 15) is 8.42 Å². The van der Waals surface area contributed by atoms with E-state index < -0.39 is 16.1 Å². The summed E-state index contributed by atoms with van der Waals surface area (Å²) in [6.07, 6.45) is 1.65. The van der Waals surface area contributed by atoms with E-state index in [4.69, 9.17) is 5.11 Å². The first-order chi connectivity index (χ1) is 9.45. The van der Waals surface area contributed by atoms with Gasteiger partial charge in [0, 0.05) is 24.7 Å². The number of nitrogens with zero attached hydrogens (tertiary/aromatic N) is 2. The number of rotatable bonds is 5. The van der Waals surface area contributed by atoms with Crippen molar-refractivity contribution in [1.82, 2.24) is 9.29 Å². The molecule has 2 aromatic rings. The molecule has 0 fully saturated rings. The van der Waals surface area contributed by atoms with E-state index in [0.29, 0.717) is 11.1 Å². The largest absolute Gasteiger partial charge is 0.395 e. The highest BCUT2D eigenvalue weighted by atomic mass is 32.2. The fraction of sp³-hybridized carbons (Fsp3) is 0.357. The Bertz CT molecular complexity index is 695. The Kier molecular flexibility index (Phi) is 4.37. The first-order valence-corrected chi connectivity index (χ1v) is 7.96. The van der Waals surface area contributed by atoms with Crippen LogP contribution in [0.3, 0.4) is 0 Å². The molecule has 1 unspecified atom stereocenters. The quantitative estimate of drug-likeness (QED) is 0.904. The summed E-state index contributed by atoms with van der Waals surface area (Å²) in [4.78, 5) is 4.26. The van der Waals surface area contributed by atoms with E-state index in [1.165, 1.54) is 11.4 Å². The lowest BCUT2D eigenvalue weighted by atomic mass is 10.1. The van der Waals surface area contributed by atoms with Crippen LogP contribution in [0.25, 0.3) is 10.9 Å². The Morgan fingerprint density at radius 3 is 2.70 bits per heavy atom. The van der Waals surface area contributed by atoms with Gasteiger partial charge in [-0.25, -0.2) is 8.42 Å². The van der Waals surface area contributed by atoms with Crippen molar-refractivity contribution in [2.45, 2.75) is 18.7 Å². The normalized spacial score (nSPS) is 13.8. The number of sulfonamides is 1. The van der Waals surface area contributed by atoms with Crippen molar-refractivity contribution >= 4 is 20.9 Å². The molecule has 6 heteroatoms. The number of hydrogen-bond donors (Lipinski definition) is 1. The lowest BCUT2D eigenvalue weighted by molar-refractivity contribution is 0.213. The molecule has 108 valence electrons. The van der Waals surface area contributed by atoms with Crippen LogP contribution in [0.15, 0.2) is 36.5 Å². The fourth-order valence-electron chi connectivity index (χ4n) is 1.97. The van der Waals surface area contributed by atoms with Gasteiger partial charge in [0.25, 0.3) is 0 Å². The summed E-state index contributed by atoms with van der Waals surface area (Å²) < 4.78 is 25.9. The average Bonchev–Trinajstić information content (AvgIpc) is 2.45. The van der Waals surface area contributed by atoms with Gasteiger partial charge in [-0.1, -0.05) is 24.3 Å². The van der Waals surface area contributed by atoms with Crippen LogP contribution in [0.1, 0.15) is 12.5 Å². The van der Waals surface area contributed by atoms with Crippen LogP contribution in [0.5, 0.6) is 0 Å². The van der Waals surface area contributed by atoms with Gasteiger partial charge >= 0.3 is 0 Å². The summed E-state index contributed by atoms with van der Waals surface area (Å²) in [5.74, 6) is -0.123. The van der Waals surface area contributed by atoms with E-state index in [2.05, 4.69) is 4.98 Å². The van der Waals surface area contributed by atoms with Gasteiger partial charge in [-0.3, -0.25) is 4.98 Å². The van der Waals surface area contributed by atoms with Crippen molar-refractivity contribution < 1.29 is 13.5 Å². The maximum atomic E-state index is 12.3. The topological polar surface area (TPSA) is 70.5 Å². The summed E-state index contributed by atoms with van der Waals surface area (Å²) in [5.41, 5.74) is 1.36. The molecule has 0 aliphatic heterocycles. The van der Waals surface area contributed by atoms with Gasteiger partial charge in [0.1, 0.15) is 0 Å². The molecule has 0 radical (unpaired) electrons. The second-order valence-electron chi connectivity index (χ2n) is 4.80. The highest BCUT2D eigenvalue weighted by molar-refractivity contribution is 7.88. The van der Waals surface area contributed by atoms with Gasteiger partial charge in [-0.05, 0) is 18.6 Å². The van der Waals surface area contributed by atoms with Crippen LogP contribution in [0, 0.1) is 0 Å². The summed E-state index contributed by atoms with van der Waals surface area (Å²) in [6.45, 7) is 1.46. The highest BCUT2D eigenvalue weighted by Gasteiger charge is 2.24. The number of fused-ring (bicyclic) bond motifs is 1. The summed E-state index contributed by atoms with van der Waals surface area (Å²) in [5, 5.41) is 10.0. The van der Waals surface area contributed by atoms with Crippen molar-refractivity contribution in [3.63, 3.8) is 0 Å². The molecule has 1 atom stereocenters. The van der Waals surface area contributed by atoms with E-state index >= 15 is 0 Å². The van der Waals surface area contributed by atoms with Crippen LogP contribution >= 0.6 is 0 Å². The van der Waals surface area contributed by atoms with Crippen LogP contribution in [0.2, 0.25) is 0 Å². The molecule has 0 aliphatic carbocycles. The number of para-hydroxylation sites is 1. The SMILES string of the molecule is CC(CO)N(C)S(=O)(=O)Cc1cccc2cccnc12. The second-order valence-corrected chi connectivity index (χ2v) is 6.82. The number of aromatic nitrogens is 1. The first kappa shape index (κ1) is 14.9. The predicted octanol–water partition coefficient (Wildman–Crippen LogP) is 1.38. The Balaban J connectivity index is 2.37. The molecule has 0 aliphatic rings. The van der Waals surface area contributed by atoms with E-state index in [0.717, 1.165) is 5.39 Å². The number of aliphatic hydroxyl groups is 1. The standard InChI is InChI=1S/C14H18N2O3S/c1-11(9-17)16(2)20(18,19)10-13-6-3-5-12-7-4-8-15-14(12)13/h3-8,11,17H,9-10H2,1-2H3. The third-order valence-electron chi connectivity index (χ3n) is 3.38. The zero-order valence-electron chi connectivity index (χ0n) is 11.5. The Hall–Kier alpha value is -1.50. The molecule has 1 aromatic heterocycles. The van der Waals surface area contributed by atoms with Crippen molar-refractivity contribution in [2.24, 2.45) is 0 Å². The molecule has 1 heterocycles. The van der Waals surface area contributed by atoms with Gasteiger partial charge in [0.2, 0.25) is 10.0 Å². The Morgan fingerprint density at radius 1 is 1.30 bits per heavy atom. The lowest BCUT2D eigenvalue weighted by Crippen LogP contribution is -2.38. The molecule has 0 spiro atoms. The lowest BCUT2D eigenvalue weighted by Gasteiger charge is -2.22. The van der Waals surface area contributed by atoms with E-state index in [1.54, 1.807) is 19.2 Å². The van der Waals surface area contributed by atoms with E-state index in [1.807, 2.05) is 24.3 Å². The zero-order valence-corrected chi connectivity index (χ0v) is 12.3. The summed E-state index contributed by atoms with van der Waals surface area (Å²) >= 11 is 0. The minimum atomic E-state index is -3.48. The molecule has 0 bridgehead atoms. The van der Waals surface area contributed by atoms with Crippen LogP contribution in [-0.2, 0) is 15.8 Å². The minimum Gasteiger partial charge on any atom is -0.395 e. The van der Waals surface area contributed by atoms with Gasteiger partial charge in [-0.15, -0.1) is 0 Å². The van der Waals surface area contributed by atoms with Crippen molar-refractivity contribution in [1.29, 1.82) is 0 Å². The monoisotopic (exact) mass is 294 g/mol. The smallest absolute Gasteiger partial charge is 0.218 e. The Labute approximate surface area is 118 Å². The fourth-order valence-corrected chi connectivity index (χ4v) is 3.42. The molecule has 0 amide bonds. The van der Waals surface area contributed by atoms with Gasteiger partial charge < -0.3 is 5.11 Å². The molecule has 0 saturated heterocycles. The molecular formula is C14H18N2O3S. The average molecular weight is 294 g/mol. The summed E-state index contributed by atoms with van der Waals surface area (Å²) in [6, 6.07) is 8.77. The minimum absolute atomic E-state index is 0.123. The third kappa shape index (κ3) is 2.98. The Morgan fingerprint density at radius 2 is 2.00 bits per heavy atom. The molecule has 1 aromatic carbocycles. The number of pyridine rings is 1. The molecule has 2 rings (SSSR count). The maximum absolute atomic E-state index is 12.3. The van der Waals surface area contributed by atoms with Gasteiger partial charge in [0.05, 0.1) is 17.9 Å². The summed E-state index contributed by atoms with van der Waals surface area (Å²) in [7, 11) is -2.00. The molecular weight excluding hydrogens is 276 g/mol. The van der Waals surface area contributed by atoms with Crippen molar-refractivity contribution in [3.05, 3.63) is 42.1 Å². The number of hydrogen-bond acceptors (Lipinski definition) is 4. The number of benzene rings is 1. The third-order valence-corrected chi connectivity index (χ3v) is 5.29. The number of likely N-dealkylation sites (N-methyl/N-ethyl adjacent to an activating group) is 1. The predicted molar refractivity (Wildman–Crippen MR) is 78.7 cm³/mol. The zero-order chi connectivity index (χ0) is 14.8. The molecule has 0 saturated carbocycles. The highest BCUT2D eigenvalue weighted by Crippen LogP contribution is 2.20. The van der Waals surface area contributed by atoms with Crippen molar-refractivity contribution in [3.8, 4) is 0 Å². The molecule has 5 nitrogen and oxygen atoms in total.